The standard InChI is InChI=1S/C11H11OSi/c13-11-6-2-1-4-9(11)8-10-5-3-7-12-10/h1-2,4-6H,3,7-8H2. The molecule has 0 saturated heterocycles. The van der Waals surface area contributed by atoms with E-state index in [4.69, 9.17) is 4.74 Å². The number of benzene rings is 1. The highest BCUT2D eigenvalue weighted by atomic mass is 28.1. The van der Waals surface area contributed by atoms with Crippen molar-refractivity contribution in [1.29, 1.82) is 0 Å². The van der Waals surface area contributed by atoms with Crippen LogP contribution in [-0.4, -0.2) is 16.8 Å². The molecule has 0 atom stereocenters. The van der Waals surface area contributed by atoms with Crippen molar-refractivity contribution in [2.45, 2.75) is 12.8 Å². The SMILES string of the molecule is [Si]c1ccccc1CC1=CCCO1. The third kappa shape index (κ3) is 2.01. The molecule has 0 aliphatic carbocycles. The summed E-state index contributed by atoms with van der Waals surface area (Å²) in [6.45, 7) is 0.846. The zero-order valence-corrected chi connectivity index (χ0v) is 8.42. The van der Waals surface area contributed by atoms with Gasteiger partial charge in [-0.1, -0.05) is 29.5 Å². The lowest BCUT2D eigenvalue weighted by molar-refractivity contribution is 0.239. The summed E-state index contributed by atoms with van der Waals surface area (Å²) >= 11 is 0. The van der Waals surface area contributed by atoms with Gasteiger partial charge in [0.05, 0.1) is 22.6 Å². The molecule has 0 spiro atoms. The second-order valence-electron chi connectivity index (χ2n) is 3.14. The maximum absolute atomic E-state index is 5.45. The molecule has 1 heterocycles. The second kappa shape index (κ2) is 3.79. The Labute approximate surface area is 81.8 Å². The van der Waals surface area contributed by atoms with E-state index in [0.717, 1.165) is 30.4 Å². The molecule has 65 valence electrons. The molecular formula is C11H11OSi. The first-order valence-electron chi connectivity index (χ1n) is 4.47. The Morgan fingerprint density at radius 3 is 2.85 bits per heavy atom. The zero-order chi connectivity index (χ0) is 9.10. The zero-order valence-electron chi connectivity index (χ0n) is 7.42. The van der Waals surface area contributed by atoms with Gasteiger partial charge in [-0.3, -0.25) is 0 Å². The Morgan fingerprint density at radius 1 is 1.31 bits per heavy atom. The van der Waals surface area contributed by atoms with Crippen LogP contribution in [0, 0.1) is 0 Å². The van der Waals surface area contributed by atoms with E-state index < -0.39 is 0 Å². The molecule has 1 aliphatic rings. The first-order chi connectivity index (χ1) is 6.36. The summed E-state index contributed by atoms with van der Waals surface area (Å²) in [6, 6.07) is 8.25. The van der Waals surface area contributed by atoms with Crippen LogP contribution in [0.25, 0.3) is 0 Å². The lowest BCUT2D eigenvalue weighted by Gasteiger charge is -2.06. The average Bonchev–Trinajstić information content (AvgIpc) is 2.61. The fourth-order valence-corrected chi connectivity index (χ4v) is 1.72. The van der Waals surface area contributed by atoms with Crippen LogP contribution in [0.5, 0.6) is 0 Å². The van der Waals surface area contributed by atoms with Gasteiger partial charge in [0.1, 0.15) is 0 Å². The van der Waals surface area contributed by atoms with Gasteiger partial charge in [-0.15, -0.1) is 0 Å². The Balaban J connectivity index is 2.13. The molecule has 2 rings (SSSR count). The largest absolute Gasteiger partial charge is 0.498 e. The van der Waals surface area contributed by atoms with Gasteiger partial charge in [-0.2, -0.15) is 0 Å². The first-order valence-corrected chi connectivity index (χ1v) is 4.97. The molecule has 0 fully saturated rings. The first kappa shape index (κ1) is 8.57. The van der Waals surface area contributed by atoms with Gasteiger partial charge in [0.15, 0.2) is 0 Å². The van der Waals surface area contributed by atoms with Crippen LogP contribution in [0.1, 0.15) is 12.0 Å². The lowest BCUT2D eigenvalue weighted by atomic mass is 10.1. The Kier molecular flexibility index (Phi) is 2.50. The highest BCUT2D eigenvalue weighted by Gasteiger charge is 2.07. The fourth-order valence-electron chi connectivity index (χ4n) is 1.45. The van der Waals surface area contributed by atoms with Crippen LogP contribution in [0.15, 0.2) is 36.1 Å². The van der Waals surface area contributed by atoms with Crippen molar-refractivity contribution in [2.24, 2.45) is 0 Å². The summed E-state index contributed by atoms with van der Waals surface area (Å²) in [6.07, 6.45) is 4.12. The van der Waals surface area contributed by atoms with E-state index in [1.807, 2.05) is 6.07 Å². The predicted molar refractivity (Wildman–Crippen MR) is 54.2 cm³/mol. The summed E-state index contributed by atoms with van der Waals surface area (Å²) in [5.74, 6) is 1.10. The normalized spacial score (nSPS) is 15.3. The Hall–Kier alpha value is -1.02. The molecule has 0 bridgehead atoms. The van der Waals surface area contributed by atoms with Crippen LogP contribution in [0.2, 0.25) is 0 Å². The minimum absolute atomic E-state index is 0.846. The molecule has 1 aliphatic heterocycles. The number of hydrogen-bond acceptors (Lipinski definition) is 1. The molecule has 0 saturated carbocycles. The molecular weight excluding hydrogens is 176 g/mol. The second-order valence-corrected chi connectivity index (χ2v) is 3.68. The van der Waals surface area contributed by atoms with E-state index in [2.05, 4.69) is 34.5 Å². The highest BCUT2D eigenvalue weighted by Crippen LogP contribution is 2.13. The van der Waals surface area contributed by atoms with Crippen molar-refractivity contribution >= 4 is 15.4 Å². The van der Waals surface area contributed by atoms with Crippen molar-refractivity contribution in [2.75, 3.05) is 6.61 Å². The van der Waals surface area contributed by atoms with Gasteiger partial charge in [0, 0.05) is 12.8 Å². The smallest absolute Gasteiger partial charge is 0.0965 e. The molecule has 0 amide bonds. The molecule has 0 unspecified atom stereocenters. The number of allylic oxidation sites excluding steroid dienone is 1. The summed E-state index contributed by atoms with van der Waals surface area (Å²) in [5.41, 5.74) is 1.28. The summed E-state index contributed by atoms with van der Waals surface area (Å²) in [7, 11) is 3.57. The summed E-state index contributed by atoms with van der Waals surface area (Å²) in [5, 5.41) is 1.15. The summed E-state index contributed by atoms with van der Waals surface area (Å²) in [4.78, 5) is 0. The van der Waals surface area contributed by atoms with Crippen molar-refractivity contribution < 1.29 is 4.74 Å². The quantitative estimate of drug-likeness (QED) is 0.635. The minimum Gasteiger partial charge on any atom is -0.498 e. The lowest BCUT2D eigenvalue weighted by Crippen LogP contribution is -2.10. The highest BCUT2D eigenvalue weighted by molar-refractivity contribution is 6.33. The van der Waals surface area contributed by atoms with Crippen molar-refractivity contribution in [1.82, 2.24) is 0 Å². The maximum Gasteiger partial charge on any atom is 0.0965 e. The van der Waals surface area contributed by atoms with Crippen LogP contribution in [0.3, 0.4) is 0 Å². The van der Waals surface area contributed by atoms with E-state index in [0.29, 0.717) is 0 Å². The van der Waals surface area contributed by atoms with E-state index >= 15 is 0 Å². The van der Waals surface area contributed by atoms with Gasteiger partial charge >= 0.3 is 0 Å². The van der Waals surface area contributed by atoms with Gasteiger partial charge in [0.25, 0.3) is 0 Å². The molecule has 13 heavy (non-hydrogen) atoms. The van der Waals surface area contributed by atoms with Crippen LogP contribution >= 0.6 is 0 Å². The average molecular weight is 187 g/mol. The van der Waals surface area contributed by atoms with Crippen LogP contribution in [0.4, 0.5) is 0 Å². The van der Waals surface area contributed by atoms with Gasteiger partial charge in [-0.05, 0) is 11.6 Å². The van der Waals surface area contributed by atoms with E-state index in [-0.39, 0.29) is 0 Å². The number of rotatable bonds is 2. The summed E-state index contributed by atoms with van der Waals surface area (Å²) < 4.78 is 5.45. The minimum atomic E-state index is 0.846. The number of ether oxygens (including phenoxy) is 1. The Morgan fingerprint density at radius 2 is 2.15 bits per heavy atom. The Bertz CT molecular complexity index is 331. The van der Waals surface area contributed by atoms with Crippen molar-refractivity contribution in [3.63, 3.8) is 0 Å². The molecule has 1 nitrogen and oxygen atoms in total. The van der Waals surface area contributed by atoms with E-state index in [9.17, 15) is 0 Å². The van der Waals surface area contributed by atoms with E-state index in [1.165, 1.54) is 5.56 Å². The molecule has 0 aromatic heterocycles. The van der Waals surface area contributed by atoms with Crippen molar-refractivity contribution in [3.05, 3.63) is 41.7 Å². The molecule has 3 radical (unpaired) electrons. The monoisotopic (exact) mass is 187 g/mol. The fraction of sp³-hybridized carbons (Fsp3) is 0.273. The van der Waals surface area contributed by atoms with Crippen molar-refractivity contribution in [3.8, 4) is 0 Å². The molecule has 0 N–H and O–H groups in total. The van der Waals surface area contributed by atoms with Crippen LogP contribution < -0.4 is 5.19 Å². The topological polar surface area (TPSA) is 9.23 Å². The third-order valence-electron chi connectivity index (χ3n) is 2.16. The molecule has 1 aromatic rings. The maximum atomic E-state index is 5.45. The number of hydrogen-bond donors (Lipinski definition) is 0. The molecule has 2 heteroatoms. The van der Waals surface area contributed by atoms with Gasteiger partial charge in [-0.25, -0.2) is 0 Å². The van der Waals surface area contributed by atoms with Gasteiger partial charge < -0.3 is 4.74 Å². The van der Waals surface area contributed by atoms with Gasteiger partial charge in [0.2, 0.25) is 0 Å². The van der Waals surface area contributed by atoms with Crippen LogP contribution in [-0.2, 0) is 11.2 Å². The third-order valence-corrected chi connectivity index (χ3v) is 2.65. The predicted octanol–water partition coefficient (Wildman–Crippen LogP) is 1.33. The molecule has 1 aromatic carbocycles. The van der Waals surface area contributed by atoms with E-state index in [1.54, 1.807) is 0 Å².